The largest absolute Gasteiger partial charge is 0.413 e. The van der Waals surface area contributed by atoms with E-state index < -0.39 is 8.32 Å². The standard InChI is InChI=1S/C25H46O3Si/c1-22(2,3)29(7,8)28-21-12-13-24(6)19-11-14-25(16-26,17-27)15-18(19)9-10-20(24)23(21,4)5/h20-21,26-27H,9-17H2,1-8H3/t20-,21-,24+/m0/s1. The van der Waals surface area contributed by atoms with Gasteiger partial charge in [-0.1, -0.05) is 52.7 Å². The normalized spacial score (nSPS) is 34.6. The van der Waals surface area contributed by atoms with Gasteiger partial charge in [0.05, 0.1) is 19.3 Å². The Kier molecular flexibility index (Phi) is 6.05. The van der Waals surface area contributed by atoms with Crippen LogP contribution in [-0.4, -0.2) is 37.8 Å². The van der Waals surface area contributed by atoms with Gasteiger partial charge in [0, 0.05) is 5.41 Å². The van der Waals surface area contributed by atoms with Crippen LogP contribution in [0.25, 0.3) is 0 Å². The molecule has 0 aromatic rings. The third-order valence-electron chi connectivity index (χ3n) is 9.68. The molecule has 3 nitrogen and oxygen atoms in total. The molecule has 3 atom stereocenters. The number of hydrogen-bond acceptors (Lipinski definition) is 3. The molecule has 1 fully saturated rings. The molecule has 2 N–H and O–H groups in total. The molecular weight excluding hydrogens is 376 g/mol. The first-order valence-corrected chi connectivity index (χ1v) is 14.7. The predicted octanol–water partition coefficient (Wildman–Crippen LogP) is 6.06. The minimum Gasteiger partial charge on any atom is -0.413 e. The predicted molar refractivity (Wildman–Crippen MR) is 123 cm³/mol. The maximum atomic E-state index is 9.92. The lowest BCUT2D eigenvalue weighted by atomic mass is 9.47. The van der Waals surface area contributed by atoms with Gasteiger partial charge >= 0.3 is 0 Å². The van der Waals surface area contributed by atoms with E-state index >= 15 is 0 Å². The number of allylic oxidation sites excluding steroid dienone is 2. The van der Waals surface area contributed by atoms with Crippen LogP contribution < -0.4 is 0 Å². The van der Waals surface area contributed by atoms with Gasteiger partial charge in [-0.15, -0.1) is 0 Å². The molecule has 0 spiro atoms. The van der Waals surface area contributed by atoms with Crippen molar-refractivity contribution in [1.82, 2.24) is 0 Å². The molecular formula is C25H46O3Si. The molecule has 3 aliphatic carbocycles. The molecule has 0 heterocycles. The fourth-order valence-electron chi connectivity index (χ4n) is 6.60. The van der Waals surface area contributed by atoms with E-state index in [2.05, 4.69) is 54.6 Å². The van der Waals surface area contributed by atoms with Crippen molar-refractivity contribution in [3.05, 3.63) is 11.1 Å². The van der Waals surface area contributed by atoms with Gasteiger partial charge in [-0.25, -0.2) is 0 Å². The number of aliphatic hydroxyl groups excluding tert-OH is 2. The van der Waals surface area contributed by atoms with Crippen molar-refractivity contribution >= 4 is 8.32 Å². The monoisotopic (exact) mass is 422 g/mol. The van der Waals surface area contributed by atoms with E-state index in [1.54, 1.807) is 11.1 Å². The minimum atomic E-state index is -1.79. The van der Waals surface area contributed by atoms with Crippen molar-refractivity contribution < 1.29 is 14.6 Å². The molecule has 0 bridgehead atoms. The first-order valence-electron chi connectivity index (χ1n) is 11.8. The van der Waals surface area contributed by atoms with Crippen LogP contribution in [0.5, 0.6) is 0 Å². The highest BCUT2D eigenvalue weighted by molar-refractivity contribution is 6.74. The Balaban J connectivity index is 1.88. The van der Waals surface area contributed by atoms with Crippen LogP contribution >= 0.6 is 0 Å². The highest BCUT2D eigenvalue weighted by Crippen LogP contribution is 2.63. The van der Waals surface area contributed by atoms with Gasteiger partial charge in [0.1, 0.15) is 0 Å². The first kappa shape index (κ1) is 23.5. The van der Waals surface area contributed by atoms with Crippen LogP contribution in [0.4, 0.5) is 0 Å². The van der Waals surface area contributed by atoms with Crippen molar-refractivity contribution in [3.8, 4) is 0 Å². The minimum absolute atomic E-state index is 0.105. The Bertz CT molecular complexity index is 653. The van der Waals surface area contributed by atoms with Gasteiger partial charge in [-0.3, -0.25) is 0 Å². The summed E-state index contributed by atoms with van der Waals surface area (Å²) in [7, 11) is -1.79. The van der Waals surface area contributed by atoms with E-state index in [-0.39, 0.29) is 34.5 Å². The number of aliphatic hydroxyl groups is 2. The Morgan fingerprint density at radius 3 is 2.17 bits per heavy atom. The molecule has 0 unspecified atom stereocenters. The van der Waals surface area contributed by atoms with Crippen molar-refractivity contribution in [3.63, 3.8) is 0 Å². The number of fused-ring (bicyclic) bond motifs is 2. The second-order valence-corrected chi connectivity index (χ2v) is 17.6. The summed E-state index contributed by atoms with van der Waals surface area (Å²) < 4.78 is 7.01. The lowest BCUT2D eigenvalue weighted by Crippen LogP contribution is -2.57. The van der Waals surface area contributed by atoms with E-state index in [1.165, 1.54) is 12.8 Å². The molecule has 3 aliphatic rings. The van der Waals surface area contributed by atoms with Crippen molar-refractivity contribution in [2.45, 2.75) is 111 Å². The van der Waals surface area contributed by atoms with E-state index in [0.717, 1.165) is 32.1 Å². The molecule has 29 heavy (non-hydrogen) atoms. The Hall–Kier alpha value is -0.163. The zero-order valence-electron chi connectivity index (χ0n) is 20.3. The van der Waals surface area contributed by atoms with Gasteiger partial charge in [-0.2, -0.15) is 0 Å². The highest BCUT2D eigenvalue weighted by atomic mass is 28.4. The molecule has 168 valence electrons. The summed E-state index contributed by atoms with van der Waals surface area (Å²) in [5.74, 6) is 0.646. The van der Waals surface area contributed by atoms with E-state index in [0.29, 0.717) is 12.0 Å². The van der Waals surface area contributed by atoms with E-state index in [4.69, 9.17) is 4.43 Å². The summed E-state index contributed by atoms with van der Waals surface area (Å²) in [5, 5.41) is 20.1. The zero-order valence-corrected chi connectivity index (χ0v) is 21.3. The van der Waals surface area contributed by atoms with Crippen LogP contribution in [0.1, 0.15) is 86.5 Å². The molecule has 4 heteroatoms. The molecule has 0 saturated heterocycles. The lowest BCUT2D eigenvalue weighted by molar-refractivity contribution is -0.0863. The maximum absolute atomic E-state index is 9.92. The molecule has 0 aliphatic heterocycles. The van der Waals surface area contributed by atoms with Gasteiger partial charge < -0.3 is 14.6 Å². The Morgan fingerprint density at radius 2 is 1.62 bits per heavy atom. The van der Waals surface area contributed by atoms with Crippen LogP contribution in [0.3, 0.4) is 0 Å². The Labute approximate surface area is 180 Å². The molecule has 0 amide bonds. The zero-order chi connectivity index (χ0) is 21.9. The van der Waals surface area contributed by atoms with Gasteiger partial charge in [0.25, 0.3) is 0 Å². The smallest absolute Gasteiger partial charge is 0.192 e. The second kappa shape index (κ2) is 7.46. The molecule has 3 rings (SSSR count). The average molecular weight is 423 g/mol. The summed E-state index contributed by atoms with van der Waals surface area (Å²) in [4.78, 5) is 0. The lowest BCUT2D eigenvalue weighted by Gasteiger charge is -2.60. The first-order chi connectivity index (χ1) is 13.2. The SMILES string of the molecule is CC1(C)[C@@H](O[Si](C)(C)C(C)(C)C)CC[C@]2(C)C3=C(CC[C@@H]12)CC(CO)(CO)CC3. The van der Waals surface area contributed by atoms with Crippen molar-refractivity contribution in [2.75, 3.05) is 13.2 Å². The van der Waals surface area contributed by atoms with Crippen LogP contribution in [0.15, 0.2) is 11.1 Å². The maximum Gasteiger partial charge on any atom is 0.192 e. The summed E-state index contributed by atoms with van der Waals surface area (Å²) >= 11 is 0. The van der Waals surface area contributed by atoms with Crippen molar-refractivity contribution in [2.24, 2.45) is 22.2 Å². The number of hydrogen-bond donors (Lipinski definition) is 2. The quantitative estimate of drug-likeness (QED) is 0.427. The fourth-order valence-corrected chi connectivity index (χ4v) is 8.09. The summed E-state index contributed by atoms with van der Waals surface area (Å²) in [6.45, 7) is 19.5. The van der Waals surface area contributed by atoms with E-state index in [9.17, 15) is 10.2 Å². The van der Waals surface area contributed by atoms with Gasteiger partial charge in [-0.05, 0) is 79.8 Å². The van der Waals surface area contributed by atoms with Crippen LogP contribution in [0.2, 0.25) is 18.1 Å². The average Bonchev–Trinajstić information content (AvgIpc) is 2.62. The summed E-state index contributed by atoms with van der Waals surface area (Å²) in [5.41, 5.74) is 3.35. The van der Waals surface area contributed by atoms with Crippen LogP contribution in [-0.2, 0) is 4.43 Å². The highest BCUT2D eigenvalue weighted by Gasteiger charge is 2.57. The van der Waals surface area contributed by atoms with Gasteiger partial charge in [0.2, 0.25) is 0 Å². The third-order valence-corrected chi connectivity index (χ3v) is 14.2. The molecule has 0 aromatic carbocycles. The van der Waals surface area contributed by atoms with Crippen molar-refractivity contribution in [1.29, 1.82) is 0 Å². The summed E-state index contributed by atoms with van der Waals surface area (Å²) in [6.07, 6.45) is 7.92. The molecule has 0 aromatic heterocycles. The Morgan fingerprint density at radius 1 is 1.00 bits per heavy atom. The summed E-state index contributed by atoms with van der Waals surface area (Å²) in [6, 6.07) is 0. The third kappa shape index (κ3) is 3.81. The topological polar surface area (TPSA) is 49.7 Å². The molecule has 1 saturated carbocycles. The molecule has 0 radical (unpaired) electrons. The number of rotatable bonds is 4. The van der Waals surface area contributed by atoms with Gasteiger partial charge in [0.15, 0.2) is 8.32 Å². The van der Waals surface area contributed by atoms with E-state index in [1.807, 2.05) is 0 Å². The second-order valence-electron chi connectivity index (χ2n) is 12.8. The fraction of sp³-hybridized carbons (Fsp3) is 0.920. The van der Waals surface area contributed by atoms with Crippen LogP contribution in [0, 0.1) is 22.2 Å².